The van der Waals surface area contributed by atoms with E-state index in [0.717, 1.165) is 16.7 Å². The van der Waals surface area contributed by atoms with Crippen LogP contribution in [0.4, 0.5) is 0 Å². The van der Waals surface area contributed by atoms with Crippen molar-refractivity contribution in [3.63, 3.8) is 0 Å². The van der Waals surface area contributed by atoms with Gasteiger partial charge in [-0.25, -0.2) is 13.1 Å². The number of hydrogen-bond donors (Lipinski definition) is 2. The van der Waals surface area contributed by atoms with Gasteiger partial charge in [0.15, 0.2) is 0 Å². The smallest absolute Gasteiger partial charge is 0.240 e. The topological polar surface area (TPSA) is 72.2 Å². The number of rotatable bonds is 5. The fraction of sp³-hybridized carbons (Fsp3) is 0.200. The van der Waals surface area contributed by atoms with Gasteiger partial charge in [0.1, 0.15) is 0 Å². The molecule has 3 N–H and O–H groups in total. The first-order chi connectivity index (χ1) is 9.51. The van der Waals surface area contributed by atoms with Crippen LogP contribution in [0.1, 0.15) is 16.7 Å². The molecule has 0 fully saturated rings. The van der Waals surface area contributed by atoms with E-state index < -0.39 is 10.0 Å². The third kappa shape index (κ3) is 4.82. The monoisotopic (exact) mass is 326 g/mol. The second-order valence-corrected chi connectivity index (χ2v) is 6.43. The average molecular weight is 327 g/mol. The molecule has 6 heteroatoms. The number of nitrogens with two attached hydrogens (primary N) is 1. The maximum absolute atomic E-state index is 12.1. The highest BCUT2D eigenvalue weighted by Gasteiger charge is 2.13. The Morgan fingerprint density at radius 3 is 2.29 bits per heavy atom. The lowest BCUT2D eigenvalue weighted by molar-refractivity contribution is 0.581. The minimum Gasteiger partial charge on any atom is -0.326 e. The minimum atomic E-state index is -3.48. The molecule has 0 aliphatic heterocycles. The van der Waals surface area contributed by atoms with E-state index in [9.17, 15) is 8.42 Å². The van der Waals surface area contributed by atoms with Crippen molar-refractivity contribution < 1.29 is 8.42 Å². The van der Waals surface area contributed by atoms with Crippen molar-refractivity contribution in [3.8, 4) is 0 Å². The largest absolute Gasteiger partial charge is 0.326 e. The standard InChI is InChI=1S/C15H18N2O2S.ClH/c1-12-5-7-15(8-6-12)20(18,19)17-11-14-4-2-3-13(9-14)10-16;/h2-9,17H,10-11,16H2,1H3;1H. The average Bonchev–Trinajstić information content (AvgIpc) is 2.46. The summed E-state index contributed by atoms with van der Waals surface area (Å²) in [7, 11) is -3.48. The van der Waals surface area contributed by atoms with Gasteiger partial charge in [0.05, 0.1) is 4.90 Å². The summed E-state index contributed by atoms with van der Waals surface area (Å²) in [4.78, 5) is 0.276. The molecule has 0 saturated carbocycles. The number of aryl methyl sites for hydroxylation is 1. The maximum Gasteiger partial charge on any atom is 0.240 e. The fourth-order valence-corrected chi connectivity index (χ4v) is 2.86. The highest BCUT2D eigenvalue weighted by molar-refractivity contribution is 7.89. The van der Waals surface area contributed by atoms with Crippen molar-refractivity contribution in [1.82, 2.24) is 4.72 Å². The molecule has 114 valence electrons. The number of halogens is 1. The minimum absolute atomic E-state index is 0. The van der Waals surface area contributed by atoms with Crippen molar-refractivity contribution in [2.75, 3.05) is 0 Å². The van der Waals surface area contributed by atoms with Crippen molar-refractivity contribution >= 4 is 22.4 Å². The number of hydrogen-bond acceptors (Lipinski definition) is 3. The summed E-state index contributed by atoms with van der Waals surface area (Å²) in [5.74, 6) is 0. The maximum atomic E-state index is 12.1. The molecule has 0 radical (unpaired) electrons. The van der Waals surface area contributed by atoms with Crippen LogP contribution in [0.5, 0.6) is 0 Å². The van der Waals surface area contributed by atoms with Crippen LogP contribution in [0.3, 0.4) is 0 Å². The Kier molecular flexibility index (Phi) is 6.36. The predicted octanol–water partition coefficient (Wildman–Crippen LogP) is 2.35. The van der Waals surface area contributed by atoms with Gasteiger partial charge in [-0.15, -0.1) is 12.4 Å². The molecule has 0 bridgehead atoms. The molecule has 0 heterocycles. The third-order valence-corrected chi connectivity index (χ3v) is 4.44. The Hall–Kier alpha value is -1.40. The van der Waals surface area contributed by atoms with Crippen molar-refractivity contribution in [3.05, 3.63) is 65.2 Å². The van der Waals surface area contributed by atoms with E-state index >= 15 is 0 Å². The molecule has 0 spiro atoms. The molecule has 2 rings (SSSR count). The summed E-state index contributed by atoms with van der Waals surface area (Å²) < 4.78 is 26.9. The molecule has 2 aromatic rings. The first kappa shape index (κ1) is 17.7. The van der Waals surface area contributed by atoms with E-state index in [1.54, 1.807) is 24.3 Å². The van der Waals surface area contributed by atoms with Crippen LogP contribution in [-0.4, -0.2) is 8.42 Å². The normalized spacial score (nSPS) is 11.0. The van der Waals surface area contributed by atoms with Gasteiger partial charge in [0.25, 0.3) is 0 Å². The lowest BCUT2D eigenvalue weighted by atomic mass is 10.1. The van der Waals surface area contributed by atoms with Crippen LogP contribution in [0, 0.1) is 6.92 Å². The Bertz CT molecular complexity index is 685. The zero-order valence-corrected chi connectivity index (χ0v) is 13.4. The quantitative estimate of drug-likeness (QED) is 0.886. The van der Waals surface area contributed by atoms with Gasteiger partial charge in [0, 0.05) is 13.1 Å². The molecule has 0 aliphatic rings. The van der Waals surface area contributed by atoms with Crippen LogP contribution in [0.2, 0.25) is 0 Å². The molecule has 2 aromatic carbocycles. The highest BCUT2D eigenvalue weighted by atomic mass is 35.5. The van der Waals surface area contributed by atoms with Gasteiger partial charge >= 0.3 is 0 Å². The summed E-state index contributed by atoms with van der Waals surface area (Å²) in [6.45, 7) is 2.62. The SMILES string of the molecule is Cc1ccc(S(=O)(=O)NCc2cccc(CN)c2)cc1.Cl. The zero-order valence-electron chi connectivity index (χ0n) is 11.7. The predicted molar refractivity (Wildman–Crippen MR) is 86.8 cm³/mol. The molecule has 4 nitrogen and oxygen atoms in total. The van der Waals surface area contributed by atoms with Crippen molar-refractivity contribution in [2.45, 2.75) is 24.9 Å². The highest BCUT2D eigenvalue weighted by Crippen LogP contribution is 2.11. The summed E-state index contributed by atoms with van der Waals surface area (Å²) in [5, 5.41) is 0. The lowest BCUT2D eigenvalue weighted by Gasteiger charge is -2.08. The van der Waals surface area contributed by atoms with Gasteiger partial charge in [-0.3, -0.25) is 0 Å². The third-order valence-electron chi connectivity index (χ3n) is 3.02. The van der Waals surface area contributed by atoms with Gasteiger partial charge in [0.2, 0.25) is 10.0 Å². The van der Waals surface area contributed by atoms with E-state index in [-0.39, 0.29) is 23.8 Å². The lowest BCUT2D eigenvalue weighted by Crippen LogP contribution is -2.23. The van der Waals surface area contributed by atoms with E-state index in [1.807, 2.05) is 31.2 Å². The molecular weight excluding hydrogens is 308 g/mol. The molecule has 0 saturated heterocycles. The summed E-state index contributed by atoms with van der Waals surface area (Å²) >= 11 is 0. The number of sulfonamides is 1. The van der Waals surface area contributed by atoms with Gasteiger partial charge in [-0.1, -0.05) is 42.0 Å². The zero-order chi connectivity index (χ0) is 14.6. The molecule has 0 amide bonds. The Morgan fingerprint density at radius 1 is 1.05 bits per heavy atom. The van der Waals surface area contributed by atoms with E-state index in [1.165, 1.54) is 0 Å². The fourth-order valence-electron chi connectivity index (χ4n) is 1.85. The van der Waals surface area contributed by atoms with Crippen LogP contribution in [0.15, 0.2) is 53.4 Å². The Balaban J connectivity index is 0.00000220. The van der Waals surface area contributed by atoms with E-state index in [4.69, 9.17) is 5.73 Å². The van der Waals surface area contributed by atoms with Crippen molar-refractivity contribution in [2.24, 2.45) is 5.73 Å². The second kappa shape index (κ2) is 7.56. The summed E-state index contributed by atoms with van der Waals surface area (Å²) in [6, 6.07) is 14.3. The molecule has 0 aliphatic carbocycles. The van der Waals surface area contributed by atoms with Crippen LogP contribution >= 0.6 is 12.4 Å². The second-order valence-electron chi connectivity index (χ2n) is 4.66. The van der Waals surface area contributed by atoms with Gasteiger partial charge in [-0.2, -0.15) is 0 Å². The van der Waals surface area contributed by atoms with Gasteiger partial charge < -0.3 is 5.73 Å². The number of benzene rings is 2. The number of nitrogens with one attached hydrogen (secondary N) is 1. The van der Waals surface area contributed by atoms with E-state index in [0.29, 0.717) is 6.54 Å². The van der Waals surface area contributed by atoms with Crippen molar-refractivity contribution in [1.29, 1.82) is 0 Å². The first-order valence-electron chi connectivity index (χ1n) is 6.35. The van der Waals surface area contributed by atoms with Crippen LogP contribution in [0.25, 0.3) is 0 Å². The molecule has 21 heavy (non-hydrogen) atoms. The molecule has 0 atom stereocenters. The van der Waals surface area contributed by atoms with Gasteiger partial charge in [-0.05, 0) is 30.2 Å². The Labute approximate surface area is 131 Å². The van der Waals surface area contributed by atoms with Crippen LogP contribution in [-0.2, 0) is 23.1 Å². The molecule has 0 unspecified atom stereocenters. The molecular formula is C15H19ClN2O2S. The summed E-state index contributed by atoms with van der Waals surface area (Å²) in [5.41, 5.74) is 8.47. The first-order valence-corrected chi connectivity index (χ1v) is 7.84. The summed E-state index contributed by atoms with van der Waals surface area (Å²) in [6.07, 6.45) is 0. The Morgan fingerprint density at radius 2 is 1.67 bits per heavy atom. The molecule has 0 aromatic heterocycles. The van der Waals surface area contributed by atoms with Crippen LogP contribution < -0.4 is 10.5 Å². The van der Waals surface area contributed by atoms with E-state index in [2.05, 4.69) is 4.72 Å².